The van der Waals surface area contributed by atoms with Crippen molar-refractivity contribution in [2.45, 2.75) is 6.92 Å². The summed E-state index contributed by atoms with van der Waals surface area (Å²) in [6.07, 6.45) is 13.2. The van der Waals surface area contributed by atoms with Crippen LogP contribution in [0.1, 0.15) is 11.3 Å². The van der Waals surface area contributed by atoms with Crippen molar-refractivity contribution in [2.75, 3.05) is 37.6 Å². The van der Waals surface area contributed by atoms with Gasteiger partial charge in [-0.15, -0.1) is 0 Å². The van der Waals surface area contributed by atoms with Gasteiger partial charge in [-0.3, -0.25) is 4.90 Å². The Balaban J connectivity index is 1.32. The van der Waals surface area contributed by atoms with E-state index in [0.29, 0.717) is 5.95 Å². The van der Waals surface area contributed by atoms with Gasteiger partial charge < -0.3 is 4.90 Å². The molecule has 0 radical (unpaired) electrons. The van der Waals surface area contributed by atoms with Gasteiger partial charge in [0.1, 0.15) is 0 Å². The minimum atomic E-state index is 0.592. The minimum Gasteiger partial charge on any atom is -0.338 e. The lowest BCUT2D eigenvalue weighted by Gasteiger charge is -2.34. The predicted octanol–water partition coefficient (Wildman–Crippen LogP) is 1.60. The van der Waals surface area contributed by atoms with Crippen LogP contribution in [-0.2, 0) is 0 Å². The van der Waals surface area contributed by atoms with Gasteiger partial charge in [-0.25, -0.2) is 24.6 Å². The number of rotatable bonds is 5. The van der Waals surface area contributed by atoms with Crippen molar-refractivity contribution in [1.82, 2.24) is 34.6 Å². The van der Waals surface area contributed by atoms with E-state index in [9.17, 15) is 0 Å². The molecule has 0 saturated carbocycles. The van der Waals surface area contributed by atoms with Crippen LogP contribution in [0.4, 0.5) is 5.95 Å². The van der Waals surface area contributed by atoms with E-state index in [1.165, 1.54) is 0 Å². The number of hydrogen-bond acceptors (Lipinski definition) is 7. The van der Waals surface area contributed by atoms with Gasteiger partial charge in [0.15, 0.2) is 0 Å². The predicted molar refractivity (Wildman–Crippen MR) is 104 cm³/mol. The van der Waals surface area contributed by atoms with E-state index in [1.54, 1.807) is 35.5 Å². The number of anilines is 1. The molecule has 8 heteroatoms. The fourth-order valence-corrected chi connectivity index (χ4v) is 3.10. The van der Waals surface area contributed by atoms with E-state index in [4.69, 9.17) is 0 Å². The van der Waals surface area contributed by atoms with Crippen LogP contribution in [0.3, 0.4) is 0 Å². The molecule has 4 heterocycles. The molecule has 0 aromatic carbocycles. The first-order chi connectivity index (χ1) is 13.3. The van der Waals surface area contributed by atoms with Crippen LogP contribution in [0.2, 0.25) is 0 Å². The van der Waals surface area contributed by atoms with Gasteiger partial charge in [0.2, 0.25) is 5.95 Å². The summed E-state index contributed by atoms with van der Waals surface area (Å²) in [6.45, 7) is 6.83. The lowest BCUT2D eigenvalue weighted by atomic mass is 10.2. The molecule has 0 bridgehead atoms. The van der Waals surface area contributed by atoms with E-state index in [1.807, 2.05) is 19.2 Å². The maximum absolute atomic E-state index is 4.40. The summed E-state index contributed by atoms with van der Waals surface area (Å²) < 4.78 is 1.76. The molecule has 0 amide bonds. The highest BCUT2D eigenvalue weighted by atomic mass is 15.3. The van der Waals surface area contributed by atoms with Crippen LogP contribution in [0.15, 0.2) is 49.2 Å². The number of nitrogens with zero attached hydrogens (tertiary/aromatic N) is 8. The minimum absolute atomic E-state index is 0.592. The zero-order valence-electron chi connectivity index (χ0n) is 15.3. The number of piperazine rings is 1. The third-order valence-electron chi connectivity index (χ3n) is 4.66. The first-order valence-corrected chi connectivity index (χ1v) is 9.04. The Morgan fingerprint density at radius 2 is 1.52 bits per heavy atom. The molecule has 0 aliphatic carbocycles. The monoisotopic (exact) mass is 362 g/mol. The van der Waals surface area contributed by atoms with Crippen LogP contribution in [0, 0.1) is 6.92 Å². The molecule has 0 spiro atoms. The molecule has 8 nitrogen and oxygen atoms in total. The second-order valence-electron chi connectivity index (χ2n) is 6.38. The molecule has 1 aliphatic heterocycles. The lowest BCUT2D eigenvalue weighted by Crippen LogP contribution is -2.46. The van der Waals surface area contributed by atoms with Crippen molar-refractivity contribution in [2.24, 2.45) is 0 Å². The Kier molecular flexibility index (Phi) is 5.15. The molecule has 4 rings (SSSR count). The third kappa shape index (κ3) is 4.01. The molecule has 0 atom stereocenters. The van der Waals surface area contributed by atoms with Gasteiger partial charge in [-0.2, -0.15) is 5.10 Å². The Morgan fingerprint density at radius 3 is 2.19 bits per heavy atom. The number of hydrogen-bond donors (Lipinski definition) is 0. The van der Waals surface area contributed by atoms with E-state index < -0.39 is 0 Å². The van der Waals surface area contributed by atoms with Crippen molar-refractivity contribution >= 4 is 12.0 Å². The van der Waals surface area contributed by atoms with Gasteiger partial charge in [-0.1, -0.05) is 12.2 Å². The Bertz CT molecular complexity index is 883. The van der Waals surface area contributed by atoms with E-state index in [2.05, 4.69) is 47.0 Å². The summed E-state index contributed by atoms with van der Waals surface area (Å²) >= 11 is 0. The van der Waals surface area contributed by atoms with Gasteiger partial charge in [0.05, 0.1) is 11.9 Å². The summed E-state index contributed by atoms with van der Waals surface area (Å²) in [4.78, 5) is 21.8. The largest absolute Gasteiger partial charge is 0.338 e. The van der Waals surface area contributed by atoms with Crippen molar-refractivity contribution in [1.29, 1.82) is 0 Å². The Hall–Kier alpha value is -3.13. The summed E-state index contributed by atoms with van der Waals surface area (Å²) in [5.41, 5.74) is 2.11. The molecule has 1 aliphatic rings. The third-order valence-corrected chi connectivity index (χ3v) is 4.66. The summed E-state index contributed by atoms with van der Waals surface area (Å²) in [5.74, 6) is 1.41. The highest BCUT2D eigenvalue weighted by molar-refractivity contribution is 5.51. The molecule has 1 fully saturated rings. The van der Waals surface area contributed by atoms with E-state index in [-0.39, 0.29) is 0 Å². The fraction of sp³-hybridized carbons (Fsp3) is 0.316. The standard InChI is InChI=1S/C19H22N8/c1-16-17(15-24-27(16)19-22-8-4-9-23-19)5-2-10-25-11-13-26(14-12-25)18-20-6-3-7-21-18/h2-9,15H,10-14H2,1H3. The second kappa shape index (κ2) is 8.05. The zero-order chi connectivity index (χ0) is 18.5. The molecular weight excluding hydrogens is 340 g/mol. The Labute approximate surface area is 158 Å². The zero-order valence-corrected chi connectivity index (χ0v) is 15.3. The van der Waals surface area contributed by atoms with Gasteiger partial charge in [-0.05, 0) is 19.1 Å². The normalized spacial score (nSPS) is 15.5. The fourth-order valence-electron chi connectivity index (χ4n) is 3.10. The molecule has 0 N–H and O–H groups in total. The van der Waals surface area contributed by atoms with E-state index >= 15 is 0 Å². The molecule has 0 unspecified atom stereocenters. The summed E-state index contributed by atoms with van der Waals surface area (Å²) in [6, 6.07) is 3.64. The van der Waals surface area contributed by atoms with Crippen LogP contribution in [-0.4, -0.2) is 67.3 Å². The highest BCUT2D eigenvalue weighted by Crippen LogP contribution is 2.13. The Morgan fingerprint density at radius 1 is 0.889 bits per heavy atom. The van der Waals surface area contributed by atoms with Crippen molar-refractivity contribution in [3.05, 3.63) is 60.5 Å². The second-order valence-corrected chi connectivity index (χ2v) is 6.38. The van der Waals surface area contributed by atoms with Gasteiger partial charge in [0, 0.05) is 63.1 Å². The average Bonchev–Trinajstić information content (AvgIpc) is 3.10. The van der Waals surface area contributed by atoms with E-state index in [0.717, 1.165) is 49.9 Å². The molecule has 3 aromatic heterocycles. The SMILES string of the molecule is Cc1c(C=CCN2CCN(c3ncccn3)CC2)cnn1-c1ncccn1. The smallest absolute Gasteiger partial charge is 0.250 e. The first-order valence-electron chi connectivity index (χ1n) is 9.04. The van der Waals surface area contributed by atoms with Gasteiger partial charge >= 0.3 is 0 Å². The molecular formula is C19H22N8. The molecule has 3 aromatic rings. The molecule has 138 valence electrons. The van der Waals surface area contributed by atoms with Crippen LogP contribution >= 0.6 is 0 Å². The number of aromatic nitrogens is 6. The molecule has 1 saturated heterocycles. The van der Waals surface area contributed by atoms with Gasteiger partial charge in [0.25, 0.3) is 5.95 Å². The topological polar surface area (TPSA) is 75.9 Å². The van der Waals surface area contributed by atoms with Crippen LogP contribution in [0.25, 0.3) is 12.0 Å². The van der Waals surface area contributed by atoms with Crippen LogP contribution < -0.4 is 4.90 Å². The lowest BCUT2D eigenvalue weighted by molar-refractivity contribution is 0.283. The first kappa shape index (κ1) is 17.3. The molecule has 27 heavy (non-hydrogen) atoms. The van der Waals surface area contributed by atoms with Crippen molar-refractivity contribution < 1.29 is 0 Å². The average molecular weight is 362 g/mol. The summed E-state index contributed by atoms with van der Waals surface area (Å²) in [7, 11) is 0. The summed E-state index contributed by atoms with van der Waals surface area (Å²) in [5, 5.41) is 4.40. The maximum atomic E-state index is 4.40. The highest BCUT2D eigenvalue weighted by Gasteiger charge is 2.17. The van der Waals surface area contributed by atoms with Crippen LogP contribution in [0.5, 0.6) is 0 Å². The van der Waals surface area contributed by atoms with Crippen molar-refractivity contribution in [3.63, 3.8) is 0 Å². The quantitative estimate of drug-likeness (QED) is 0.682. The maximum Gasteiger partial charge on any atom is 0.250 e. The van der Waals surface area contributed by atoms with Crippen molar-refractivity contribution in [3.8, 4) is 5.95 Å².